The molecule has 4 nitrogen and oxygen atoms in total. The minimum atomic E-state index is -3.12. The highest BCUT2D eigenvalue weighted by atomic mass is 79.9. The van der Waals surface area contributed by atoms with Crippen molar-refractivity contribution < 1.29 is 13.2 Å². The Bertz CT molecular complexity index is 350. The molecule has 1 aliphatic carbocycles. The van der Waals surface area contributed by atoms with E-state index in [-0.39, 0.29) is 11.3 Å². The van der Waals surface area contributed by atoms with Gasteiger partial charge in [0.1, 0.15) is 0 Å². The number of nitrogens with zero attached hydrogens (tertiary/aromatic N) is 1. The molecule has 0 bridgehead atoms. The average molecular weight is 340 g/mol. The molecule has 0 spiro atoms. The van der Waals surface area contributed by atoms with Crippen LogP contribution in [0.25, 0.3) is 0 Å². The van der Waals surface area contributed by atoms with Crippen molar-refractivity contribution in [2.45, 2.75) is 49.8 Å². The molecule has 1 heterocycles. The summed E-state index contributed by atoms with van der Waals surface area (Å²) < 4.78 is 32.4. The molecule has 2 aliphatic rings. The molecule has 0 aromatic rings. The van der Waals surface area contributed by atoms with Crippen LogP contribution in [0, 0.1) is 0 Å². The largest absolute Gasteiger partial charge is 0.381 e. The van der Waals surface area contributed by atoms with Crippen molar-refractivity contribution in [2.24, 2.45) is 0 Å². The van der Waals surface area contributed by atoms with Gasteiger partial charge in [0.05, 0.1) is 5.25 Å². The zero-order chi connectivity index (χ0) is 13.0. The highest BCUT2D eigenvalue weighted by Gasteiger charge is 2.38. The van der Waals surface area contributed by atoms with Gasteiger partial charge in [-0.3, -0.25) is 0 Å². The van der Waals surface area contributed by atoms with Gasteiger partial charge in [-0.1, -0.05) is 22.4 Å². The van der Waals surface area contributed by atoms with E-state index in [2.05, 4.69) is 15.9 Å². The smallest absolute Gasteiger partial charge is 0.217 e. The Labute approximate surface area is 118 Å². The van der Waals surface area contributed by atoms with E-state index < -0.39 is 10.0 Å². The summed E-state index contributed by atoms with van der Waals surface area (Å²) in [7, 11) is -3.12. The Kier molecular flexibility index (Phi) is 5.47. The van der Waals surface area contributed by atoms with E-state index in [1.165, 1.54) is 6.42 Å². The van der Waals surface area contributed by atoms with Gasteiger partial charge >= 0.3 is 0 Å². The molecule has 2 rings (SSSR count). The highest BCUT2D eigenvalue weighted by molar-refractivity contribution is 9.09. The maximum atomic E-state index is 12.7. The predicted molar refractivity (Wildman–Crippen MR) is 75.5 cm³/mol. The number of alkyl halides is 1. The Morgan fingerprint density at radius 2 is 1.83 bits per heavy atom. The van der Waals surface area contributed by atoms with E-state index in [4.69, 9.17) is 4.74 Å². The minimum Gasteiger partial charge on any atom is -0.381 e. The first kappa shape index (κ1) is 14.8. The number of hydrogen-bond acceptors (Lipinski definition) is 3. The molecule has 0 atom stereocenters. The lowest BCUT2D eigenvalue weighted by atomic mass is 9.93. The second-order valence-corrected chi connectivity index (χ2v) is 8.05. The predicted octanol–water partition coefficient (Wildman–Crippen LogP) is 2.13. The van der Waals surface area contributed by atoms with Gasteiger partial charge in [-0.15, -0.1) is 0 Å². The number of hydrogen-bond donors (Lipinski definition) is 0. The second kappa shape index (κ2) is 6.68. The van der Waals surface area contributed by atoms with Crippen molar-refractivity contribution in [3.63, 3.8) is 0 Å². The van der Waals surface area contributed by atoms with Gasteiger partial charge in [0, 0.05) is 31.1 Å². The maximum absolute atomic E-state index is 12.7. The molecule has 1 saturated carbocycles. The summed E-state index contributed by atoms with van der Waals surface area (Å²) in [4.78, 5) is 0. The molecule has 0 aromatic heterocycles. The molecule has 0 aromatic carbocycles. The van der Waals surface area contributed by atoms with E-state index >= 15 is 0 Å². The van der Waals surface area contributed by atoms with Crippen LogP contribution >= 0.6 is 15.9 Å². The van der Waals surface area contributed by atoms with Crippen LogP contribution in [-0.4, -0.2) is 49.1 Å². The fourth-order valence-corrected chi connectivity index (χ4v) is 5.01. The van der Waals surface area contributed by atoms with E-state index in [1.807, 2.05) is 0 Å². The minimum absolute atomic E-state index is 0.220. The van der Waals surface area contributed by atoms with Gasteiger partial charge in [0.2, 0.25) is 10.0 Å². The lowest BCUT2D eigenvalue weighted by Gasteiger charge is -2.39. The van der Waals surface area contributed by atoms with Crippen LogP contribution in [0.2, 0.25) is 0 Å². The molecule has 106 valence electrons. The van der Waals surface area contributed by atoms with Crippen LogP contribution in [0.5, 0.6) is 0 Å². The number of sulfonamides is 1. The van der Waals surface area contributed by atoms with Crippen LogP contribution in [0.4, 0.5) is 0 Å². The van der Waals surface area contributed by atoms with Crippen LogP contribution < -0.4 is 0 Å². The third kappa shape index (κ3) is 3.26. The van der Waals surface area contributed by atoms with Gasteiger partial charge in [-0.05, 0) is 32.1 Å². The Balaban J connectivity index is 2.06. The molecule has 2 fully saturated rings. The van der Waals surface area contributed by atoms with Crippen molar-refractivity contribution >= 4 is 26.0 Å². The fourth-order valence-electron chi connectivity index (χ4n) is 2.57. The van der Waals surface area contributed by atoms with Gasteiger partial charge in [0.15, 0.2) is 0 Å². The quantitative estimate of drug-likeness (QED) is 0.696. The van der Waals surface area contributed by atoms with Crippen molar-refractivity contribution in [1.29, 1.82) is 0 Å². The van der Waals surface area contributed by atoms with Crippen LogP contribution in [0.3, 0.4) is 0 Å². The molecule has 0 radical (unpaired) electrons. The first-order valence-electron chi connectivity index (χ1n) is 6.80. The molecule has 1 aliphatic heterocycles. The lowest BCUT2D eigenvalue weighted by Crippen LogP contribution is -2.49. The van der Waals surface area contributed by atoms with Gasteiger partial charge in [0.25, 0.3) is 0 Å². The average Bonchev–Trinajstić information content (AvgIpc) is 2.33. The van der Waals surface area contributed by atoms with E-state index in [1.54, 1.807) is 4.31 Å². The molecular weight excluding hydrogens is 318 g/mol. The second-order valence-electron chi connectivity index (χ2n) is 5.09. The molecule has 0 unspecified atom stereocenters. The summed E-state index contributed by atoms with van der Waals surface area (Å²) >= 11 is 3.39. The maximum Gasteiger partial charge on any atom is 0.217 e. The summed E-state index contributed by atoms with van der Waals surface area (Å²) in [5.74, 6) is 0. The van der Waals surface area contributed by atoms with Crippen molar-refractivity contribution in [1.82, 2.24) is 4.31 Å². The molecular formula is C12H22BrNO3S. The number of rotatable bonds is 6. The Hall–Kier alpha value is 0.350. The summed E-state index contributed by atoms with van der Waals surface area (Å²) in [6.45, 7) is 1.83. The third-order valence-electron chi connectivity index (χ3n) is 3.91. The summed E-state index contributed by atoms with van der Waals surface area (Å²) in [6.07, 6.45) is 5.42. The van der Waals surface area contributed by atoms with Crippen molar-refractivity contribution in [2.75, 3.05) is 25.1 Å². The van der Waals surface area contributed by atoms with E-state index in [0.29, 0.717) is 32.6 Å². The number of ether oxygens (including phenoxy) is 1. The van der Waals surface area contributed by atoms with E-state index in [0.717, 1.165) is 24.6 Å². The van der Waals surface area contributed by atoms with Crippen molar-refractivity contribution in [3.8, 4) is 0 Å². The Morgan fingerprint density at radius 1 is 1.17 bits per heavy atom. The monoisotopic (exact) mass is 339 g/mol. The van der Waals surface area contributed by atoms with Gasteiger partial charge in [-0.2, -0.15) is 4.31 Å². The third-order valence-corrected chi connectivity index (χ3v) is 6.92. The summed E-state index contributed by atoms with van der Waals surface area (Å²) in [6, 6.07) is 0.261. The summed E-state index contributed by atoms with van der Waals surface area (Å²) in [5.41, 5.74) is 0. The molecule has 6 heteroatoms. The molecule has 0 amide bonds. The molecule has 0 N–H and O–H groups in total. The highest BCUT2D eigenvalue weighted by Crippen LogP contribution is 2.31. The lowest BCUT2D eigenvalue weighted by molar-refractivity contribution is 0.0959. The fraction of sp³-hybridized carbons (Fsp3) is 1.00. The summed E-state index contributed by atoms with van der Waals surface area (Å²) in [5, 5.41) is 0.640. The Morgan fingerprint density at radius 3 is 2.33 bits per heavy atom. The van der Waals surface area contributed by atoms with Crippen molar-refractivity contribution in [3.05, 3.63) is 0 Å². The van der Waals surface area contributed by atoms with Gasteiger partial charge < -0.3 is 4.74 Å². The van der Waals surface area contributed by atoms with Gasteiger partial charge in [-0.25, -0.2) is 8.42 Å². The van der Waals surface area contributed by atoms with Crippen LogP contribution in [0.1, 0.15) is 38.5 Å². The topological polar surface area (TPSA) is 46.6 Å². The zero-order valence-corrected chi connectivity index (χ0v) is 13.1. The normalized spacial score (nSPS) is 23.2. The van der Waals surface area contributed by atoms with Crippen LogP contribution in [-0.2, 0) is 14.8 Å². The van der Waals surface area contributed by atoms with Crippen LogP contribution in [0.15, 0.2) is 0 Å². The number of halogens is 1. The SMILES string of the molecule is O=S(=O)(C1CCOCC1)N(CCCBr)C1CCC1. The van der Waals surface area contributed by atoms with E-state index in [9.17, 15) is 8.42 Å². The molecule has 1 saturated heterocycles. The zero-order valence-electron chi connectivity index (χ0n) is 10.7. The first-order chi connectivity index (χ1) is 8.66. The standard InChI is InChI=1S/C12H22BrNO3S/c13-7-2-8-14(11-3-1-4-11)18(15,16)12-5-9-17-10-6-12/h11-12H,1-10H2. The molecule has 18 heavy (non-hydrogen) atoms. The first-order valence-corrected chi connectivity index (χ1v) is 9.43.